The lowest BCUT2D eigenvalue weighted by atomic mass is 9.76. The molecular formula is B5O8-. The Hall–Kier alpha value is 0.00468. The van der Waals surface area contributed by atoms with Gasteiger partial charge in [-0.15, -0.1) is 0 Å². The minimum atomic E-state index is -2.27. The van der Waals surface area contributed by atoms with Crippen LogP contribution in [0.15, 0.2) is 0 Å². The molecule has 64 valence electrons. The number of hydrogen-bond acceptors (Lipinski definition) is 8. The third-order valence-corrected chi connectivity index (χ3v) is 2.00. The highest BCUT2D eigenvalue weighted by molar-refractivity contribution is 6.89. The van der Waals surface area contributed by atoms with Crippen LogP contribution in [0.25, 0.3) is 0 Å². The van der Waals surface area contributed by atoms with Crippen molar-refractivity contribution in [2.75, 3.05) is 0 Å². The van der Waals surface area contributed by atoms with Gasteiger partial charge in [0.05, 0.1) is 0 Å². The maximum atomic E-state index is 5.07. The third kappa shape index (κ3) is 0.927. The van der Waals surface area contributed by atoms with Gasteiger partial charge in [-0.05, 0) is 0 Å². The van der Waals surface area contributed by atoms with Crippen LogP contribution in [0.3, 0.4) is 0 Å². The number of hydrogen-bond donors (Lipinski definition) is 0. The molecule has 6 aliphatic rings. The maximum Gasteiger partial charge on any atom is 0.573 e. The molecule has 0 N–H and O–H groups in total. The first-order valence-corrected chi connectivity index (χ1v) is 3.77. The molecule has 4 bridgehead atoms. The van der Waals surface area contributed by atoms with Crippen LogP contribution < -0.4 is 0 Å². The summed E-state index contributed by atoms with van der Waals surface area (Å²) in [6, 6.07) is 0. The van der Waals surface area contributed by atoms with Crippen LogP contribution >= 0.6 is 0 Å². The fourth-order valence-electron chi connectivity index (χ4n) is 1.38. The van der Waals surface area contributed by atoms with E-state index in [-0.39, 0.29) is 0 Å². The van der Waals surface area contributed by atoms with Crippen molar-refractivity contribution in [1.29, 1.82) is 0 Å². The first-order valence-electron chi connectivity index (χ1n) is 3.77. The van der Waals surface area contributed by atoms with Crippen molar-refractivity contribution in [2.45, 2.75) is 0 Å². The monoisotopic (exact) mass is 183 g/mol. The quantitative estimate of drug-likeness (QED) is 0.382. The zero-order valence-electron chi connectivity index (χ0n) is 6.15. The van der Waals surface area contributed by atoms with Crippen molar-refractivity contribution in [2.24, 2.45) is 0 Å². The summed E-state index contributed by atoms with van der Waals surface area (Å²) in [5.74, 6) is 0. The van der Waals surface area contributed by atoms with Gasteiger partial charge in [0.1, 0.15) is 0 Å². The molecule has 6 fully saturated rings. The van der Waals surface area contributed by atoms with Crippen LogP contribution in [-0.4, -0.2) is 36.2 Å². The summed E-state index contributed by atoms with van der Waals surface area (Å²) in [7, 11) is -3.13. The summed E-state index contributed by atoms with van der Waals surface area (Å²) in [6.07, 6.45) is 0. The lowest BCUT2D eigenvalue weighted by Gasteiger charge is -2.59. The second kappa shape index (κ2) is 2.15. The molecule has 8 nitrogen and oxygen atoms in total. The minimum Gasteiger partial charge on any atom is -0.540 e. The van der Waals surface area contributed by atoms with E-state index in [1.165, 1.54) is 0 Å². The van der Waals surface area contributed by atoms with Crippen LogP contribution in [0.2, 0.25) is 0 Å². The van der Waals surface area contributed by atoms with E-state index >= 15 is 0 Å². The van der Waals surface area contributed by atoms with Gasteiger partial charge >= 0.3 is 36.2 Å². The number of rotatable bonds is 0. The average molecular weight is 182 g/mol. The smallest absolute Gasteiger partial charge is 0.540 e. The van der Waals surface area contributed by atoms with Gasteiger partial charge in [-0.3, -0.25) is 0 Å². The minimum absolute atomic E-state index is 0.781. The van der Waals surface area contributed by atoms with E-state index in [4.69, 9.17) is 36.6 Å². The maximum absolute atomic E-state index is 5.07. The van der Waals surface area contributed by atoms with E-state index in [9.17, 15) is 0 Å². The van der Waals surface area contributed by atoms with Crippen LogP contribution in [0.5, 0.6) is 0 Å². The second-order valence-corrected chi connectivity index (χ2v) is 2.82. The Bertz CT molecular complexity index is 193. The Kier molecular flexibility index (Phi) is 1.21. The molecule has 0 aliphatic carbocycles. The Labute approximate surface area is 73.8 Å². The molecule has 13 heteroatoms. The van der Waals surface area contributed by atoms with Crippen molar-refractivity contribution >= 4 is 36.2 Å². The molecule has 0 aromatic carbocycles. The van der Waals surface area contributed by atoms with E-state index in [1.54, 1.807) is 0 Å². The predicted molar refractivity (Wildman–Crippen MR) is 37.4 cm³/mol. The Morgan fingerprint density at radius 3 is 1.15 bits per heavy atom. The van der Waals surface area contributed by atoms with E-state index in [0.717, 1.165) is 0 Å². The van der Waals surface area contributed by atoms with Crippen molar-refractivity contribution in [3.8, 4) is 0 Å². The van der Waals surface area contributed by atoms with Gasteiger partial charge in [0, 0.05) is 0 Å². The fourth-order valence-corrected chi connectivity index (χ4v) is 1.38. The van der Waals surface area contributed by atoms with Gasteiger partial charge in [0.2, 0.25) is 0 Å². The Morgan fingerprint density at radius 2 is 0.846 bits per heavy atom. The van der Waals surface area contributed by atoms with Gasteiger partial charge in [0.15, 0.2) is 0 Å². The highest BCUT2D eigenvalue weighted by Crippen LogP contribution is 2.35. The van der Waals surface area contributed by atoms with Crippen molar-refractivity contribution in [3.63, 3.8) is 0 Å². The van der Waals surface area contributed by atoms with Gasteiger partial charge < -0.3 is 36.6 Å². The SMILES string of the molecule is O1B2OB1O[B-]1(O2)OB2OB(O2)O1. The third-order valence-electron chi connectivity index (χ3n) is 2.00. The zero-order valence-corrected chi connectivity index (χ0v) is 6.15. The van der Waals surface area contributed by atoms with Crippen molar-refractivity contribution in [3.05, 3.63) is 0 Å². The molecule has 0 amide bonds. The van der Waals surface area contributed by atoms with Crippen LogP contribution in [0, 0.1) is 0 Å². The first-order chi connectivity index (χ1) is 6.31. The summed E-state index contributed by atoms with van der Waals surface area (Å²) in [5, 5.41) is 0. The van der Waals surface area contributed by atoms with Crippen molar-refractivity contribution < 1.29 is 36.6 Å². The molecule has 0 radical (unpaired) electrons. The summed E-state index contributed by atoms with van der Waals surface area (Å²) in [4.78, 5) is 0. The molecule has 6 aliphatic heterocycles. The summed E-state index contributed by atoms with van der Waals surface area (Å²) < 4.78 is 39.7. The van der Waals surface area contributed by atoms with E-state index in [0.29, 0.717) is 0 Å². The van der Waals surface area contributed by atoms with Crippen LogP contribution in [0.4, 0.5) is 0 Å². The second-order valence-electron chi connectivity index (χ2n) is 2.82. The van der Waals surface area contributed by atoms with Gasteiger partial charge in [0.25, 0.3) is 0 Å². The lowest BCUT2D eigenvalue weighted by molar-refractivity contribution is -0.0425. The normalized spacial score (nSPS) is 33.2. The zero-order chi connectivity index (χ0) is 8.47. The summed E-state index contributed by atoms with van der Waals surface area (Å²) in [5.41, 5.74) is 0. The molecule has 0 aromatic heterocycles. The van der Waals surface area contributed by atoms with Crippen LogP contribution in [-0.2, 0) is 36.6 Å². The van der Waals surface area contributed by atoms with Crippen molar-refractivity contribution in [1.82, 2.24) is 0 Å². The highest BCUT2D eigenvalue weighted by atomic mass is 17.1. The molecule has 0 unspecified atom stereocenters. The molecule has 0 atom stereocenters. The first kappa shape index (κ1) is 7.32. The van der Waals surface area contributed by atoms with E-state index < -0.39 is 36.2 Å². The van der Waals surface area contributed by atoms with Gasteiger partial charge in [-0.2, -0.15) is 0 Å². The Morgan fingerprint density at radius 1 is 0.538 bits per heavy atom. The van der Waals surface area contributed by atoms with Crippen LogP contribution in [0.1, 0.15) is 0 Å². The van der Waals surface area contributed by atoms with E-state index in [1.807, 2.05) is 0 Å². The van der Waals surface area contributed by atoms with Gasteiger partial charge in [-0.1, -0.05) is 0 Å². The summed E-state index contributed by atoms with van der Waals surface area (Å²) >= 11 is 0. The lowest BCUT2D eigenvalue weighted by Crippen LogP contribution is -2.79. The predicted octanol–water partition coefficient (Wildman–Crippen LogP) is -2.45. The van der Waals surface area contributed by atoms with E-state index in [2.05, 4.69) is 0 Å². The standard InChI is InChI=1S/B5O8/c6-1-7-2(6)11-5(10-1)12-3-8-4(9-3)13-5/q-1. The largest absolute Gasteiger partial charge is 0.573 e. The fraction of sp³-hybridized carbons (Fsp3) is 0. The molecule has 1 spiro atoms. The summed E-state index contributed by atoms with van der Waals surface area (Å²) in [6.45, 7) is -2.27. The molecule has 0 saturated carbocycles. The van der Waals surface area contributed by atoms with Gasteiger partial charge in [-0.25, -0.2) is 0 Å². The topological polar surface area (TPSA) is 73.8 Å². The average Bonchev–Trinajstić information content (AvgIpc) is 1.99. The molecule has 6 heterocycles. The highest BCUT2D eigenvalue weighted by Gasteiger charge is 2.65. The molecule has 13 heavy (non-hydrogen) atoms. The molecule has 6 rings (SSSR count). The molecule has 6 saturated heterocycles. The Balaban J connectivity index is 1.58. The molecular weight excluding hydrogens is 182 g/mol. The molecule has 0 aromatic rings.